The molecule has 96 valence electrons. The number of nitrogens with two attached hydrogens (primary N) is 1. The van der Waals surface area contributed by atoms with Crippen molar-refractivity contribution in [2.24, 2.45) is 0 Å². The van der Waals surface area contributed by atoms with Crippen LogP contribution >= 0.6 is 11.6 Å². The minimum Gasteiger partial charge on any atom is -0.368 e. The zero-order chi connectivity index (χ0) is 13.5. The van der Waals surface area contributed by atoms with E-state index in [1.165, 1.54) is 11.1 Å². The van der Waals surface area contributed by atoms with Gasteiger partial charge in [-0.3, -0.25) is 14.9 Å². The quantitative estimate of drug-likeness (QED) is 0.694. The summed E-state index contributed by atoms with van der Waals surface area (Å²) in [4.78, 5) is 32.5. The second-order valence-corrected chi connectivity index (χ2v) is 4.83. The molecule has 0 bridgehead atoms. The molecule has 2 rings (SSSR count). The number of halogens is 1. The normalized spacial score (nSPS) is 18.7. The number of aromatic nitrogens is 2. The number of hydrogen-bond donors (Lipinski definition) is 2. The first-order chi connectivity index (χ1) is 8.32. The van der Waals surface area contributed by atoms with Crippen LogP contribution in [0.15, 0.2) is 6.20 Å². The Morgan fingerprint density at radius 2 is 2.17 bits per heavy atom. The van der Waals surface area contributed by atoms with Gasteiger partial charge in [-0.05, 0) is 13.8 Å². The third kappa shape index (κ3) is 1.97. The lowest BCUT2D eigenvalue weighted by Crippen LogP contribution is -2.64. The van der Waals surface area contributed by atoms with E-state index in [2.05, 4.69) is 15.3 Å². The summed E-state index contributed by atoms with van der Waals surface area (Å²) in [5.41, 5.74) is 4.55. The van der Waals surface area contributed by atoms with E-state index in [1.54, 1.807) is 13.8 Å². The number of anilines is 2. The van der Waals surface area contributed by atoms with Gasteiger partial charge in [0.1, 0.15) is 10.6 Å². The van der Waals surface area contributed by atoms with Crippen molar-refractivity contribution < 1.29 is 9.59 Å². The van der Waals surface area contributed by atoms with Crippen molar-refractivity contribution in [3.8, 4) is 0 Å². The van der Waals surface area contributed by atoms with Gasteiger partial charge >= 0.3 is 0 Å². The summed E-state index contributed by atoms with van der Waals surface area (Å²) >= 11 is 5.99. The molecule has 18 heavy (non-hydrogen) atoms. The molecule has 2 heterocycles. The van der Waals surface area contributed by atoms with Crippen molar-refractivity contribution in [2.75, 3.05) is 17.2 Å². The first kappa shape index (κ1) is 12.6. The molecule has 0 saturated carbocycles. The second-order valence-electron chi connectivity index (χ2n) is 4.42. The van der Waals surface area contributed by atoms with E-state index < -0.39 is 17.4 Å². The maximum Gasteiger partial charge on any atom is 0.251 e. The van der Waals surface area contributed by atoms with Crippen LogP contribution in [0.1, 0.15) is 13.8 Å². The Morgan fingerprint density at radius 1 is 1.50 bits per heavy atom. The standard InChI is InChI=1S/C10H12ClN5O2/c1-10(2)8(18)14-6(17)4-16(10)7-5(11)3-13-9(12)15-7/h3H,4H2,1-2H3,(H2,12,13,15)(H,14,17,18). The molecule has 7 nitrogen and oxygen atoms in total. The van der Waals surface area contributed by atoms with Crippen molar-refractivity contribution in [1.82, 2.24) is 15.3 Å². The summed E-state index contributed by atoms with van der Waals surface area (Å²) < 4.78 is 0. The van der Waals surface area contributed by atoms with E-state index in [0.29, 0.717) is 0 Å². The second kappa shape index (κ2) is 4.09. The molecule has 1 aliphatic rings. The molecule has 0 aliphatic carbocycles. The Labute approximate surface area is 108 Å². The highest BCUT2D eigenvalue weighted by atomic mass is 35.5. The highest BCUT2D eigenvalue weighted by Crippen LogP contribution is 2.30. The van der Waals surface area contributed by atoms with Gasteiger partial charge in [-0.25, -0.2) is 4.98 Å². The number of nitrogen functional groups attached to an aromatic ring is 1. The molecule has 3 N–H and O–H groups in total. The van der Waals surface area contributed by atoms with E-state index in [4.69, 9.17) is 17.3 Å². The lowest BCUT2D eigenvalue weighted by molar-refractivity contribution is -0.135. The van der Waals surface area contributed by atoms with Gasteiger partial charge in [-0.2, -0.15) is 4.98 Å². The molecule has 1 aromatic rings. The lowest BCUT2D eigenvalue weighted by Gasteiger charge is -2.41. The van der Waals surface area contributed by atoms with Crippen LogP contribution in [-0.4, -0.2) is 33.9 Å². The van der Waals surface area contributed by atoms with Crippen LogP contribution in [0.25, 0.3) is 0 Å². The molecule has 1 aromatic heterocycles. The first-order valence-corrected chi connectivity index (χ1v) is 5.60. The maximum absolute atomic E-state index is 11.8. The fraction of sp³-hybridized carbons (Fsp3) is 0.400. The van der Waals surface area contributed by atoms with E-state index in [9.17, 15) is 9.59 Å². The van der Waals surface area contributed by atoms with Crippen molar-refractivity contribution in [3.05, 3.63) is 11.2 Å². The molecule has 0 atom stereocenters. The van der Waals surface area contributed by atoms with E-state index in [1.807, 2.05) is 0 Å². The van der Waals surface area contributed by atoms with Crippen LogP contribution in [0.4, 0.5) is 11.8 Å². The third-order valence-corrected chi connectivity index (χ3v) is 3.05. The highest BCUT2D eigenvalue weighted by molar-refractivity contribution is 6.33. The predicted molar refractivity (Wildman–Crippen MR) is 66.0 cm³/mol. The number of nitrogens with one attached hydrogen (secondary N) is 1. The number of carbonyl (C=O) groups is 2. The van der Waals surface area contributed by atoms with Crippen LogP contribution in [0, 0.1) is 0 Å². The maximum atomic E-state index is 11.8. The molecule has 2 amide bonds. The minimum atomic E-state index is -0.946. The number of rotatable bonds is 1. The summed E-state index contributed by atoms with van der Waals surface area (Å²) in [6.07, 6.45) is 1.34. The van der Waals surface area contributed by atoms with Gasteiger partial charge in [0.25, 0.3) is 5.91 Å². The van der Waals surface area contributed by atoms with Crippen LogP contribution in [0.3, 0.4) is 0 Å². The fourth-order valence-corrected chi connectivity index (χ4v) is 1.88. The monoisotopic (exact) mass is 269 g/mol. The van der Waals surface area contributed by atoms with Gasteiger partial charge in [0, 0.05) is 0 Å². The average Bonchev–Trinajstić information content (AvgIpc) is 2.27. The number of imide groups is 1. The molecule has 1 aliphatic heterocycles. The van der Waals surface area contributed by atoms with E-state index >= 15 is 0 Å². The SMILES string of the molecule is CC1(C)C(=O)NC(=O)CN1c1nc(N)ncc1Cl. The molecule has 0 radical (unpaired) electrons. The summed E-state index contributed by atoms with van der Waals surface area (Å²) in [6.45, 7) is 3.32. The summed E-state index contributed by atoms with van der Waals surface area (Å²) in [6, 6.07) is 0. The molecular formula is C10H12ClN5O2. The Hall–Kier alpha value is -1.89. The highest BCUT2D eigenvalue weighted by Gasteiger charge is 2.42. The fourth-order valence-electron chi connectivity index (χ4n) is 1.68. The topological polar surface area (TPSA) is 101 Å². The van der Waals surface area contributed by atoms with Gasteiger partial charge in [0.2, 0.25) is 11.9 Å². The average molecular weight is 270 g/mol. The smallest absolute Gasteiger partial charge is 0.251 e. The van der Waals surface area contributed by atoms with Crippen molar-refractivity contribution in [2.45, 2.75) is 19.4 Å². The molecule has 0 unspecified atom stereocenters. The number of piperazine rings is 1. The third-order valence-electron chi connectivity index (χ3n) is 2.79. The van der Waals surface area contributed by atoms with Gasteiger partial charge in [0.15, 0.2) is 5.82 Å². The molecule has 0 spiro atoms. The number of hydrogen-bond acceptors (Lipinski definition) is 6. The molecule has 0 aromatic carbocycles. The van der Waals surface area contributed by atoms with E-state index in [-0.39, 0.29) is 23.3 Å². The Bertz CT molecular complexity index is 531. The molecule has 8 heteroatoms. The van der Waals surface area contributed by atoms with Gasteiger partial charge in [0.05, 0.1) is 12.7 Å². The number of nitrogens with zero attached hydrogens (tertiary/aromatic N) is 3. The summed E-state index contributed by atoms with van der Waals surface area (Å²) in [5.74, 6) is -0.513. The van der Waals surface area contributed by atoms with Crippen LogP contribution < -0.4 is 16.0 Å². The van der Waals surface area contributed by atoms with Crippen molar-refractivity contribution in [3.63, 3.8) is 0 Å². The molecule has 1 fully saturated rings. The number of amides is 2. The zero-order valence-corrected chi connectivity index (χ0v) is 10.7. The molecule has 1 saturated heterocycles. The molecular weight excluding hydrogens is 258 g/mol. The van der Waals surface area contributed by atoms with Crippen molar-refractivity contribution >= 4 is 35.2 Å². The Morgan fingerprint density at radius 3 is 2.83 bits per heavy atom. The van der Waals surface area contributed by atoms with Crippen LogP contribution in [0.5, 0.6) is 0 Å². The van der Waals surface area contributed by atoms with Gasteiger partial charge < -0.3 is 10.6 Å². The predicted octanol–water partition coefficient (Wildman–Crippen LogP) is -0.0464. The number of carbonyl (C=O) groups excluding carboxylic acids is 2. The van der Waals surface area contributed by atoms with Crippen LogP contribution in [0.2, 0.25) is 5.02 Å². The zero-order valence-electron chi connectivity index (χ0n) is 9.90. The van der Waals surface area contributed by atoms with E-state index in [0.717, 1.165) is 0 Å². The van der Waals surface area contributed by atoms with Gasteiger partial charge in [-0.1, -0.05) is 11.6 Å². The van der Waals surface area contributed by atoms with Crippen molar-refractivity contribution in [1.29, 1.82) is 0 Å². The largest absolute Gasteiger partial charge is 0.368 e. The first-order valence-electron chi connectivity index (χ1n) is 5.22. The Kier molecular flexibility index (Phi) is 2.86. The van der Waals surface area contributed by atoms with Gasteiger partial charge in [-0.15, -0.1) is 0 Å². The summed E-state index contributed by atoms with van der Waals surface area (Å²) in [7, 11) is 0. The lowest BCUT2D eigenvalue weighted by atomic mass is 9.99. The van der Waals surface area contributed by atoms with Crippen LogP contribution in [-0.2, 0) is 9.59 Å². The summed E-state index contributed by atoms with van der Waals surface area (Å²) in [5, 5.41) is 2.50. The minimum absolute atomic E-state index is 0.0189. The Balaban J connectivity index is 2.50.